The van der Waals surface area contributed by atoms with Gasteiger partial charge >= 0.3 is 0 Å². The molecule has 2 N–H and O–H groups in total. The molecule has 0 saturated carbocycles. The minimum Gasteiger partial charge on any atom is -0.357 e. The third kappa shape index (κ3) is 3.31. The van der Waals surface area contributed by atoms with Gasteiger partial charge in [0.2, 0.25) is 12.3 Å². The Bertz CT molecular complexity index is 387. The van der Waals surface area contributed by atoms with Crippen molar-refractivity contribution in [1.29, 1.82) is 0 Å². The highest BCUT2D eigenvalue weighted by molar-refractivity contribution is 5.84. The van der Waals surface area contributed by atoms with Crippen molar-refractivity contribution >= 4 is 12.3 Å². The van der Waals surface area contributed by atoms with E-state index in [9.17, 15) is 9.59 Å². The second-order valence-corrected chi connectivity index (χ2v) is 4.08. The first-order valence-electron chi connectivity index (χ1n) is 5.58. The summed E-state index contributed by atoms with van der Waals surface area (Å²) in [6, 6.07) is 7.40. The Morgan fingerprint density at radius 2 is 1.88 bits per heavy atom. The van der Waals surface area contributed by atoms with E-state index in [1.165, 1.54) is 5.56 Å². The summed E-state index contributed by atoms with van der Waals surface area (Å²) in [5.41, 5.74) is 2.19. The third-order valence-electron chi connectivity index (χ3n) is 2.88. The number of hydrogen-bond donors (Lipinski definition) is 2. The highest BCUT2D eigenvalue weighted by Crippen LogP contribution is 2.19. The normalized spacial score (nSPS) is 13.6. The van der Waals surface area contributed by atoms with Gasteiger partial charge in [0, 0.05) is 13.0 Å². The molecule has 0 heterocycles. The van der Waals surface area contributed by atoms with Crippen LogP contribution in [0.2, 0.25) is 0 Å². The van der Waals surface area contributed by atoms with Gasteiger partial charge in [0.05, 0.1) is 0 Å². The minimum absolute atomic E-state index is 0.0688. The lowest BCUT2D eigenvalue weighted by Gasteiger charge is -2.22. The summed E-state index contributed by atoms with van der Waals surface area (Å²) in [7, 11) is 1.56. The van der Waals surface area contributed by atoms with Crippen molar-refractivity contribution < 1.29 is 9.59 Å². The van der Waals surface area contributed by atoms with E-state index in [0.717, 1.165) is 5.56 Å². The van der Waals surface area contributed by atoms with Crippen LogP contribution in [0.25, 0.3) is 0 Å². The first-order chi connectivity index (χ1) is 8.10. The molecule has 0 bridgehead atoms. The highest BCUT2D eigenvalue weighted by atomic mass is 16.2. The molecule has 4 heteroatoms. The maximum Gasteiger partial charge on any atom is 0.242 e. The van der Waals surface area contributed by atoms with E-state index in [2.05, 4.69) is 10.6 Å². The van der Waals surface area contributed by atoms with E-state index >= 15 is 0 Å². The molecular formula is C13H18N2O2. The van der Waals surface area contributed by atoms with E-state index in [-0.39, 0.29) is 11.8 Å². The molecule has 92 valence electrons. The van der Waals surface area contributed by atoms with Gasteiger partial charge in [0.15, 0.2) is 0 Å². The van der Waals surface area contributed by atoms with Gasteiger partial charge in [-0.2, -0.15) is 0 Å². The van der Waals surface area contributed by atoms with Crippen molar-refractivity contribution in [3.63, 3.8) is 0 Å². The third-order valence-corrected chi connectivity index (χ3v) is 2.88. The molecule has 0 aliphatic carbocycles. The Labute approximate surface area is 101 Å². The first kappa shape index (κ1) is 13.2. The predicted molar refractivity (Wildman–Crippen MR) is 66.6 cm³/mol. The van der Waals surface area contributed by atoms with Crippen molar-refractivity contribution in [1.82, 2.24) is 10.6 Å². The number of nitrogens with one attached hydrogen (secondary N) is 2. The number of carbonyl (C=O) groups excluding carboxylic acids is 2. The molecule has 2 amide bonds. The van der Waals surface area contributed by atoms with Crippen LogP contribution in [-0.4, -0.2) is 25.4 Å². The van der Waals surface area contributed by atoms with E-state index in [0.29, 0.717) is 6.41 Å². The predicted octanol–water partition coefficient (Wildman–Crippen LogP) is 0.959. The number of hydrogen-bond acceptors (Lipinski definition) is 2. The lowest BCUT2D eigenvalue weighted by atomic mass is 9.92. The molecule has 0 aliphatic rings. The Kier molecular flexibility index (Phi) is 4.69. The summed E-state index contributed by atoms with van der Waals surface area (Å²) in [5, 5.41) is 5.11. The topological polar surface area (TPSA) is 58.2 Å². The maximum atomic E-state index is 11.7. The zero-order valence-corrected chi connectivity index (χ0v) is 10.4. The second-order valence-electron chi connectivity index (χ2n) is 4.08. The second kappa shape index (κ2) is 6.03. The number of rotatable bonds is 5. The van der Waals surface area contributed by atoms with Crippen LogP contribution in [0.15, 0.2) is 24.3 Å². The summed E-state index contributed by atoms with van der Waals surface area (Å²) in [6.07, 6.45) is 0.560. The zero-order valence-electron chi connectivity index (χ0n) is 10.4. The highest BCUT2D eigenvalue weighted by Gasteiger charge is 2.24. The van der Waals surface area contributed by atoms with Gasteiger partial charge in [0.1, 0.15) is 6.04 Å². The molecule has 1 aromatic carbocycles. The Morgan fingerprint density at radius 3 is 2.35 bits per heavy atom. The standard InChI is InChI=1S/C13H18N2O2/c1-9-4-6-11(7-5-9)10(2)12(15-8-16)13(17)14-3/h4-8,10,12H,1-3H3,(H,14,17)(H,15,16). The van der Waals surface area contributed by atoms with Crippen LogP contribution in [0.3, 0.4) is 0 Å². The lowest BCUT2D eigenvalue weighted by Crippen LogP contribution is -2.45. The molecule has 2 atom stereocenters. The fourth-order valence-corrected chi connectivity index (χ4v) is 1.74. The summed E-state index contributed by atoms with van der Waals surface area (Å²) in [4.78, 5) is 22.2. The van der Waals surface area contributed by atoms with Gasteiger partial charge in [-0.15, -0.1) is 0 Å². The molecule has 2 unspecified atom stereocenters. The number of benzene rings is 1. The Morgan fingerprint density at radius 1 is 1.29 bits per heavy atom. The van der Waals surface area contributed by atoms with Crippen molar-refractivity contribution in [3.8, 4) is 0 Å². The van der Waals surface area contributed by atoms with Crippen LogP contribution < -0.4 is 10.6 Å². The fourth-order valence-electron chi connectivity index (χ4n) is 1.74. The van der Waals surface area contributed by atoms with Gasteiger partial charge in [-0.05, 0) is 12.5 Å². The van der Waals surface area contributed by atoms with Gasteiger partial charge in [0.25, 0.3) is 0 Å². The molecule has 17 heavy (non-hydrogen) atoms. The number of aryl methyl sites for hydroxylation is 1. The minimum atomic E-state index is -0.541. The van der Waals surface area contributed by atoms with Crippen LogP contribution in [0.1, 0.15) is 24.0 Å². The van der Waals surface area contributed by atoms with Crippen LogP contribution >= 0.6 is 0 Å². The number of amides is 2. The number of likely N-dealkylation sites (N-methyl/N-ethyl adjacent to an activating group) is 1. The molecule has 0 radical (unpaired) electrons. The molecule has 0 aliphatic heterocycles. The van der Waals surface area contributed by atoms with Crippen molar-refractivity contribution in [3.05, 3.63) is 35.4 Å². The van der Waals surface area contributed by atoms with Crippen molar-refractivity contribution in [2.75, 3.05) is 7.05 Å². The molecule has 1 aromatic rings. The lowest BCUT2D eigenvalue weighted by molar-refractivity contribution is -0.125. The SMILES string of the molecule is CNC(=O)C(NC=O)C(C)c1ccc(C)cc1. The smallest absolute Gasteiger partial charge is 0.242 e. The van der Waals surface area contributed by atoms with Gasteiger partial charge < -0.3 is 10.6 Å². The molecule has 4 nitrogen and oxygen atoms in total. The average molecular weight is 234 g/mol. The summed E-state index contributed by atoms with van der Waals surface area (Å²) >= 11 is 0. The maximum absolute atomic E-state index is 11.7. The quantitative estimate of drug-likeness (QED) is 0.745. The monoisotopic (exact) mass is 234 g/mol. The van der Waals surface area contributed by atoms with Crippen molar-refractivity contribution in [2.45, 2.75) is 25.8 Å². The van der Waals surface area contributed by atoms with Crippen LogP contribution in [0, 0.1) is 6.92 Å². The molecular weight excluding hydrogens is 216 g/mol. The molecule has 0 aromatic heterocycles. The number of carbonyl (C=O) groups is 2. The van der Waals surface area contributed by atoms with E-state index < -0.39 is 6.04 Å². The van der Waals surface area contributed by atoms with Crippen LogP contribution in [-0.2, 0) is 9.59 Å². The van der Waals surface area contributed by atoms with Gasteiger partial charge in [-0.25, -0.2) is 0 Å². The fraction of sp³-hybridized carbons (Fsp3) is 0.385. The van der Waals surface area contributed by atoms with Crippen LogP contribution in [0.4, 0.5) is 0 Å². The zero-order chi connectivity index (χ0) is 12.8. The molecule has 0 saturated heterocycles. The Hall–Kier alpha value is -1.84. The van der Waals surface area contributed by atoms with E-state index in [1.54, 1.807) is 7.05 Å². The molecule has 0 spiro atoms. The molecule has 1 rings (SSSR count). The van der Waals surface area contributed by atoms with Gasteiger partial charge in [-0.1, -0.05) is 36.8 Å². The van der Waals surface area contributed by atoms with Crippen LogP contribution in [0.5, 0.6) is 0 Å². The van der Waals surface area contributed by atoms with E-state index in [1.807, 2.05) is 38.1 Å². The average Bonchev–Trinajstić information content (AvgIpc) is 2.35. The van der Waals surface area contributed by atoms with Gasteiger partial charge in [-0.3, -0.25) is 9.59 Å². The summed E-state index contributed by atoms with van der Waals surface area (Å²) < 4.78 is 0. The van der Waals surface area contributed by atoms with E-state index in [4.69, 9.17) is 0 Å². The largest absolute Gasteiger partial charge is 0.357 e. The summed E-state index contributed by atoms with van der Waals surface area (Å²) in [5.74, 6) is -0.258. The summed E-state index contributed by atoms with van der Waals surface area (Å²) in [6.45, 7) is 3.93. The molecule has 0 fully saturated rings. The Balaban J connectivity index is 2.90. The first-order valence-corrected chi connectivity index (χ1v) is 5.58. The van der Waals surface area contributed by atoms with Crippen molar-refractivity contribution in [2.24, 2.45) is 0 Å².